The lowest BCUT2D eigenvalue weighted by Gasteiger charge is -1.97. The molecule has 0 saturated heterocycles. The van der Waals surface area contributed by atoms with Crippen LogP contribution < -0.4 is 5.63 Å². The summed E-state index contributed by atoms with van der Waals surface area (Å²) >= 11 is 3.07. The average molecular weight is 229 g/mol. The van der Waals surface area contributed by atoms with E-state index in [4.69, 9.17) is 4.42 Å². The first-order chi connectivity index (χ1) is 5.65. The van der Waals surface area contributed by atoms with Gasteiger partial charge in [0.25, 0.3) is 0 Å². The molecular weight excluding hydrogens is 220 g/mol. The summed E-state index contributed by atoms with van der Waals surface area (Å²) in [5, 5.41) is 0. The standard InChI is InChI=1S/C9H9BrO2/c1-3-6(2)8-5-4-7(10)9(11)12-8/h3-5H,1-2H3/b6-3-. The van der Waals surface area contributed by atoms with Crippen molar-refractivity contribution >= 4 is 21.5 Å². The van der Waals surface area contributed by atoms with Crippen LogP contribution in [0.1, 0.15) is 19.6 Å². The van der Waals surface area contributed by atoms with Gasteiger partial charge in [0, 0.05) is 0 Å². The van der Waals surface area contributed by atoms with E-state index in [0.717, 1.165) is 5.57 Å². The van der Waals surface area contributed by atoms with E-state index in [1.807, 2.05) is 19.9 Å². The Balaban J connectivity index is 3.23. The third-order valence-electron chi connectivity index (χ3n) is 1.60. The number of halogens is 1. The minimum Gasteiger partial charge on any atom is -0.422 e. The van der Waals surface area contributed by atoms with Crippen LogP contribution in [0.2, 0.25) is 0 Å². The van der Waals surface area contributed by atoms with E-state index in [9.17, 15) is 4.79 Å². The second-order valence-corrected chi connectivity index (χ2v) is 3.26. The normalized spacial score (nSPS) is 11.8. The van der Waals surface area contributed by atoms with Gasteiger partial charge < -0.3 is 4.42 Å². The highest BCUT2D eigenvalue weighted by Gasteiger charge is 2.00. The van der Waals surface area contributed by atoms with Crippen molar-refractivity contribution in [2.45, 2.75) is 13.8 Å². The summed E-state index contributed by atoms with van der Waals surface area (Å²) in [4.78, 5) is 11.0. The first kappa shape index (κ1) is 9.26. The van der Waals surface area contributed by atoms with E-state index >= 15 is 0 Å². The van der Waals surface area contributed by atoms with Crippen LogP contribution in [0.15, 0.2) is 31.9 Å². The Kier molecular flexibility index (Phi) is 2.87. The lowest BCUT2D eigenvalue weighted by Crippen LogP contribution is -2.00. The average Bonchev–Trinajstić information content (AvgIpc) is 2.08. The number of hydrogen-bond acceptors (Lipinski definition) is 2. The molecule has 1 aromatic heterocycles. The van der Waals surface area contributed by atoms with E-state index < -0.39 is 0 Å². The molecule has 1 aromatic rings. The van der Waals surface area contributed by atoms with Gasteiger partial charge in [0.1, 0.15) is 10.2 Å². The summed E-state index contributed by atoms with van der Waals surface area (Å²) in [6.45, 7) is 3.80. The predicted octanol–water partition coefficient (Wildman–Crippen LogP) is 2.83. The number of rotatable bonds is 1. The van der Waals surface area contributed by atoms with Crippen LogP contribution in [0.5, 0.6) is 0 Å². The molecule has 2 nitrogen and oxygen atoms in total. The molecule has 0 aliphatic rings. The Morgan fingerprint density at radius 1 is 1.58 bits per heavy atom. The van der Waals surface area contributed by atoms with E-state index in [2.05, 4.69) is 15.9 Å². The zero-order valence-corrected chi connectivity index (χ0v) is 8.51. The summed E-state index contributed by atoms with van der Waals surface area (Å²) in [6.07, 6.45) is 1.90. The van der Waals surface area contributed by atoms with Crippen LogP contribution >= 0.6 is 15.9 Å². The fourth-order valence-electron chi connectivity index (χ4n) is 0.754. The summed E-state index contributed by atoms with van der Waals surface area (Å²) in [6, 6.07) is 3.45. The van der Waals surface area contributed by atoms with Crippen LogP contribution in [0, 0.1) is 0 Å². The Labute approximate surface area is 79.0 Å². The molecule has 0 N–H and O–H groups in total. The molecule has 0 unspecified atom stereocenters. The molecule has 0 fully saturated rings. The van der Waals surface area contributed by atoms with Crippen molar-refractivity contribution < 1.29 is 4.42 Å². The Hall–Kier alpha value is -0.830. The molecule has 0 aliphatic carbocycles. The zero-order chi connectivity index (χ0) is 9.14. The molecule has 1 heterocycles. The molecule has 3 heteroatoms. The SMILES string of the molecule is C/C=C(/C)c1ccc(Br)c(=O)o1. The fraction of sp³-hybridized carbons (Fsp3) is 0.222. The molecule has 0 atom stereocenters. The Morgan fingerprint density at radius 2 is 2.25 bits per heavy atom. The van der Waals surface area contributed by atoms with Gasteiger partial charge in [-0.3, -0.25) is 0 Å². The van der Waals surface area contributed by atoms with Crippen molar-refractivity contribution in [3.63, 3.8) is 0 Å². The monoisotopic (exact) mass is 228 g/mol. The maximum atomic E-state index is 11.0. The summed E-state index contributed by atoms with van der Waals surface area (Å²) in [7, 11) is 0. The van der Waals surface area contributed by atoms with Crippen molar-refractivity contribution in [3.05, 3.63) is 38.9 Å². The van der Waals surface area contributed by atoms with Crippen LogP contribution in [0.25, 0.3) is 5.57 Å². The zero-order valence-electron chi connectivity index (χ0n) is 6.93. The van der Waals surface area contributed by atoms with Crippen molar-refractivity contribution in [2.75, 3.05) is 0 Å². The Bertz CT molecular complexity index is 363. The third-order valence-corrected chi connectivity index (χ3v) is 2.19. The summed E-state index contributed by atoms with van der Waals surface area (Å²) in [5.74, 6) is 0.616. The molecule has 0 aromatic carbocycles. The molecule has 0 aliphatic heterocycles. The lowest BCUT2D eigenvalue weighted by atomic mass is 10.2. The van der Waals surface area contributed by atoms with Gasteiger partial charge in [0.15, 0.2) is 0 Å². The second kappa shape index (κ2) is 3.72. The Morgan fingerprint density at radius 3 is 2.75 bits per heavy atom. The minimum atomic E-state index is -0.339. The maximum absolute atomic E-state index is 11.0. The molecule has 12 heavy (non-hydrogen) atoms. The van der Waals surface area contributed by atoms with Gasteiger partial charge in [-0.1, -0.05) is 6.08 Å². The molecule has 1 rings (SSSR count). The first-order valence-corrected chi connectivity index (χ1v) is 4.37. The maximum Gasteiger partial charge on any atom is 0.350 e. The molecule has 0 bridgehead atoms. The highest BCUT2D eigenvalue weighted by molar-refractivity contribution is 9.10. The largest absolute Gasteiger partial charge is 0.422 e. The highest BCUT2D eigenvalue weighted by atomic mass is 79.9. The van der Waals surface area contributed by atoms with Crippen LogP contribution in [-0.2, 0) is 0 Å². The van der Waals surface area contributed by atoms with Crippen molar-refractivity contribution in [1.82, 2.24) is 0 Å². The molecule has 0 spiro atoms. The van der Waals surface area contributed by atoms with Gasteiger partial charge in [-0.15, -0.1) is 0 Å². The quantitative estimate of drug-likeness (QED) is 0.741. The summed E-state index contributed by atoms with van der Waals surface area (Å²) in [5.41, 5.74) is 0.619. The van der Waals surface area contributed by atoms with Crippen LogP contribution in [0.3, 0.4) is 0 Å². The predicted molar refractivity (Wildman–Crippen MR) is 52.0 cm³/mol. The van der Waals surface area contributed by atoms with Crippen LogP contribution in [-0.4, -0.2) is 0 Å². The van der Waals surface area contributed by atoms with Crippen molar-refractivity contribution in [1.29, 1.82) is 0 Å². The van der Waals surface area contributed by atoms with Gasteiger partial charge >= 0.3 is 5.63 Å². The number of allylic oxidation sites excluding steroid dienone is 2. The highest BCUT2D eigenvalue weighted by Crippen LogP contribution is 2.13. The molecule has 0 amide bonds. The van der Waals surface area contributed by atoms with Gasteiger partial charge in [-0.2, -0.15) is 0 Å². The molecule has 0 saturated carbocycles. The lowest BCUT2D eigenvalue weighted by molar-refractivity contribution is 0.493. The number of hydrogen-bond donors (Lipinski definition) is 0. The van der Waals surface area contributed by atoms with E-state index in [1.54, 1.807) is 12.1 Å². The summed E-state index contributed by atoms with van der Waals surface area (Å²) < 4.78 is 5.44. The van der Waals surface area contributed by atoms with Gasteiger partial charge in [0.05, 0.1) is 0 Å². The molecule has 0 radical (unpaired) electrons. The van der Waals surface area contributed by atoms with Gasteiger partial charge in [-0.25, -0.2) is 4.79 Å². The van der Waals surface area contributed by atoms with Crippen LogP contribution in [0.4, 0.5) is 0 Å². The smallest absolute Gasteiger partial charge is 0.350 e. The van der Waals surface area contributed by atoms with Gasteiger partial charge in [0.2, 0.25) is 0 Å². The van der Waals surface area contributed by atoms with E-state index in [-0.39, 0.29) is 5.63 Å². The van der Waals surface area contributed by atoms with Gasteiger partial charge in [-0.05, 0) is 47.5 Å². The van der Waals surface area contributed by atoms with Crippen molar-refractivity contribution in [3.8, 4) is 0 Å². The fourth-order valence-corrected chi connectivity index (χ4v) is 0.967. The second-order valence-electron chi connectivity index (χ2n) is 2.41. The third kappa shape index (κ3) is 1.85. The van der Waals surface area contributed by atoms with E-state index in [1.165, 1.54) is 0 Å². The molecule has 64 valence electrons. The van der Waals surface area contributed by atoms with Crippen molar-refractivity contribution in [2.24, 2.45) is 0 Å². The minimum absolute atomic E-state index is 0.339. The molecular formula is C9H9BrO2. The topological polar surface area (TPSA) is 30.2 Å². The first-order valence-electron chi connectivity index (χ1n) is 3.58. The van der Waals surface area contributed by atoms with E-state index in [0.29, 0.717) is 10.2 Å².